The number of nitrogens with one attached hydrogen (secondary N) is 2. The van der Waals surface area contributed by atoms with Crippen molar-refractivity contribution in [1.82, 2.24) is 10.3 Å². The number of nitrogens with zero attached hydrogens (tertiary/aromatic N) is 1. The number of amides is 2. The van der Waals surface area contributed by atoms with Gasteiger partial charge in [0.1, 0.15) is 21.5 Å². The van der Waals surface area contributed by atoms with Gasteiger partial charge in [0.25, 0.3) is 5.91 Å². The van der Waals surface area contributed by atoms with Crippen molar-refractivity contribution in [3.8, 4) is 0 Å². The Morgan fingerprint density at radius 3 is 2.43 bits per heavy atom. The lowest BCUT2D eigenvalue weighted by Crippen LogP contribution is -2.22. The molecule has 0 bridgehead atoms. The predicted molar refractivity (Wildman–Crippen MR) is 103 cm³/mol. The van der Waals surface area contributed by atoms with Crippen molar-refractivity contribution in [2.45, 2.75) is 19.9 Å². The molecule has 1 heterocycles. The van der Waals surface area contributed by atoms with Gasteiger partial charge in [-0.25, -0.2) is 13.8 Å². The van der Waals surface area contributed by atoms with E-state index in [1.165, 1.54) is 0 Å². The maximum Gasteiger partial charge on any atom is 0.263 e. The molecule has 0 aliphatic carbocycles. The fraction of sp³-hybridized carbons (Fsp3) is 0.150. The highest BCUT2D eigenvalue weighted by atomic mass is 32.1. The van der Waals surface area contributed by atoms with Crippen LogP contribution in [0.25, 0.3) is 0 Å². The first-order chi connectivity index (χ1) is 13.4. The van der Waals surface area contributed by atoms with Crippen LogP contribution in [-0.4, -0.2) is 16.8 Å². The molecule has 0 aliphatic rings. The molecule has 0 spiro atoms. The van der Waals surface area contributed by atoms with E-state index in [0.717, 1.165) is 35.1 Å². The molecular weight excluding hydrogens is 384 g/mol. The molecule has 0 saturated heterocycles. The third-order valence-corrected chi connectivity index (χ3v) is 4.96. The van der Waals surface area contributed by atoms with Crippen LogP contribution in [0.15, 0.2) is 48.5 Å². The van der Waals surface area contributed by atoms with Crippen molar-refractivity contribution in [1.29, 1.82) is 0 Å². The average Bonchev–Trinajstić information content (AvgIpc) is 2.99. The first-order valence-electron chi connectivity index (χ1n) is 8.45. The number of benzene rings is 2. The van der Waals surface area contributed by atoms with Crippen LogP contribution in [-0.2, 0) is 17.8 Å². The van der Waals surface area contributed by atoms with Crippen molar-refractivity contribution in [3.63, 3.8) is 0 Å². The van der Waals surface area contributed by atoms with Gasteiger partial charge in [-0.3, -0.25) is 9.59 Å². The Kier molecular flexibility index (Phi) is 6.10. The maximum absolute atomic E-state index is 13.2. The predicted octanol–water partition coefficient (Wildman–Crippen LogP) is 3.84. The normalized spacial score (nSPS) is 10.5. The number of aromatic nitrogens is 1. The SMILES string of the molecule is Cc1nc(CC(=O)Nc2cc(F)cc(F)c2)sc1C(=O)NCc1ccccc1. The standard InChI is InChI=1S/C20H17F2N3O2S/c1-12-19(20(27)23-11-13-5-3-2-4-6-13)28-18(24-12)10-17(26)25-16-8-14(21)7-15(22)9-16/h2-9H,10-11H2,1H3,(H,23,27)(H,25,26). The van der Waals surface area contributed by atoms with Gasteiger partial charge in [-0.15, -0.1) is 11.3 Å². The smallest absolute Gasteiger partial charge is 0.263 e. The van der Waals surface area contributed by atoms with Crippen molar-refractivity contribution >= 4 is 28.8 Å². The molecule has 8 heteroatoms. The second-order valence-corrected chi connectivity index (χ2v) is 7.16. The van der Waals surface area contributed by atoms with Crippen LogP contribution < -0.4 is 10.6 Å². The second-order valence-electron chi connectivity index (χ2n) is 6.07. The molecule has 1 aromatic heterocycles. The van der Waals surface area contributed by atoms with Gasteiger partial charge in [-0.05, 0) is 24.6 Å². The minimum Gasteiger partial charge on any atom is -0.347 e. The van der Waals surface area contributed by atoms with Gasteiger partial charge in [0.05, 0.1) is 12.1 Å². The first-order valence-corrected chi connectivity index (χ1v) is 9.27. The fourth-order valence-electron chi connectivity index (χ4n) is 2.57. The molecule has 0 atom stereocenters. The fourth-order valence-corrected chi connectivity index (χ4v) is 3.55. The summed E-state index contributed by atoms with van der Waals surface area (Å²) >= 11 is 1.12. The van der Waals surface area contributed by atoms with Gasteiger partial charge in [0, 0.05) is 18.3 Å². The molecule has 2 aromatic carbocycles. The third kappa shape index (κ3) is 5.20. The van der Waals surface area contributed by atoms with Crippen molar-refractivity contribution < 1.29 is 18.4 Å². The molecule has 0 unspecified atom stereocenters. The van der Waals surface area contributed by atoms with E-state index in [1.807, 2.05) is 30.3 Å². The summed E-state index contributed by atoms with van der Waals surface area (Å²) in [5, 5.41) is 5.69. The summed E-state index contributed by atoms with van der Waals surface area (Å²) in [6.07, 6.45) is -0.102. The Labute approximate surface area is 164 Å². The van der Waals surface area contributed by atoms with Crippen molar-refractivity contribution in [2.24, 2.45) is 0 Å². The van der Waals surface area contributed by atoms with Crippen LogP contribution in [0.2, 0.25) is 0 Å². The summed E-state index contributed by atoms with van der Waals surface area (Å²) in [5.74, 6) is -2.30. The number of rotatable bonds is 6. The number of thiazole rings is 1. The quantitative estimate of drug-likeness (QED) is 0.659. The minimum absolute atomic E-state index is 0.0246. The molecule has 144 valence electrons. The molecule has 0 radical (unpaired) electrons. The minimum atomic E-state index is -0.780. The van der Waals surface area contributed by atoms with E-state index >= 15 is 0 Å². The summed E-state index contributed by atoms with van der Waals surface area (Å²) in [4.78, 5) is 29.2. The van der Waals surface area contributed by atoms with Gasteiger partial charge >= 0.3 is 0 Å². The van der Waals surface area contributed by atoms with Crippen LogP contribution in [0.3, 0.4) is 0 Å². The molecule has 28 heavy (non-hydrogen) atoms. The van der Waals surface area contributed by atoms with Crippen LogP contribution in [0, 0.1) is 18.6 Å². The number of carbonyl (C=O) groups is 2. The number of hydrogen-bond donors (Lipinski definition) is 2. The summed E-state index contributed by atoms with van der Waals surface area (Å²) in [5.41, 5.74) is 1.52. The molecule has 0 saturated carbocycles. The van der Waals surface area contributed by atoms with Gasteiger partial charge in [0.15, 0.2) is 0 Å². The summed E-state index contributed by atoms with van der Waals surface area (Å²) in [7, 11) is 0. The van der Waals surface area contributed by atoms with Crippen LogP contribution in [0.4, 0.5) is 14.5 Å². The summed E-state index contributed by atoms with van der Waals surface area (Å²) in [6, 6.07) is 12.3. The highest BCUT2D eigenvalue weighted by molar-refractivity contribution is 7.13. The van der Waals surface area contributed by atoms with Crippen molar-refractivity contribution in [2.75, 3.05) is 5.32 Å². The Morgan fingerprint density at radius 2 is 1.75 bits per heavy atom. The van der Waals surface area contributed by atoms with E-state index in [1.54, 1.807) is 6.92 Å². The van der Waals surface area contributed by atoms with Crippen LogP contribution in [0.1, 0.15) is 25.9 Å². The molecule has 2 amide bonds. The number of anilines is 1. The van der Waals surface area contributed by atoms with Crippen LogP contribution in [0.5, 0.6) is 0 Å². The zero-order chi connectivity index (χ0) is 20.1. The summed E-state index contributed by atoms with van der Waals surface area (Å²) in [6.45, 7) is 2.08. The molecule has 2 N–H and O–H groups in total. The zero-order valence-corrected chi connectivity index (χ0v) is 15.8. The highest BCUT2D eigenvalue weighted by Crippen LogP contribution is 2.20. The average molecular weight is 401 g/mol. The topological polar surface area (TPSA) is 71.1 Å². The van der Waals surface area contributed by atoms with E-state index in [0.29, 0.717) is 22.1 Å². The summed E-state index contributed by atoms with van der Waals surface area (Å²) < 4.78 is 26.4. The lowest BCUT2D eigenvalue weighted by molar-refractivity contribution is -0.115. The van der Waals surface area contributed by atoms with E-state index in [2.05, 4.69) is 15.6 Å². The zero-order valence-electron chi connectivity index (χ0n) is 15.0. The molecular formula is C20H17F2N3O2S. The number of halogens is 2. The highest BCUT2D eigenvalue weighted by Gasteiger charge is 2.17. The Bertz CT molecular complexity index is 986. The number of aryl methyl sites for hydroxylation is 1. The molecule has 5 nitrogen and oxygen atoms in total. The second kappa shape index (κ2) is 8.71. The lowest BCUT2D eigenvalue weighted by Gasteiger charge is -2.04. The number of hydrogen-bond acceptors (Lipinski definition) is 4. The number of carbonyl (C=O) groups excluding carboxylic acids is 2. The Hall–Kier alpha value is -3.13. The van der Waals surface area contributed by atoms with E-state index in [9.17, 15) is 18.4 Å². The maximum atomic E-state index is 13.2. The molecule has 3 aromatic rings. The monoisotopic (exact) mass is 401 g/mol. The molecule has 3 rings (SSSR count). The van der Waals surface area contributed by atoms with Crippen molar-refractivity contribution in [3.05, 3.63) is 81.3 Å². The van der Waals surface area contributed by atoms with Gasteiger partial charge in [0.2, 0.25) is 5.91 Å². The Balaban J connectivity index is 1.61. The van der Waals surface area contributed by atoms with Crippen LogP contribution >= 0.6 is 11.3 Å². The van der Waals surface area contributed by atoms with E-state index in [4.69, 9.17) is 0 Å². The first kappa shape index (κ1) is 19.6. The lowest BCUT2D eigenvalue weighted by atomic mass is 10.2. The largest absolute Gasteiger partial charge is 0.347 e. The Morgan fingerprint density at radius 1 is 1.07 bits per heavy atom. The molecule has 0 fully saturated rings. The van der Waals surface area contributed by atoms with E-state index < -0.39 is 17.5 Å². The van der Waals surface area contributed by atoms with E-state index in [-0.39, 0.29) is 18.0 Å². The third-order valence-electron chi connectivity index (χ3n) is 3.80. The van der Waals surface area contributed by atoms with Gasteiger partial charge in [-0.1, -0.05) is 30.3 Å². The van der Waals surface area contributed by atoms with Gasteiger partial charge in [-0.2, -0.15) is 0 Å². The van der Waals surface area contributed by atoms with Gasteiger partial charge < -0.3 is 10.6 Å². The molecule has 0 aliphatic heterocycles.